The molecule has 6 nitrogen and oxygen atoms in total. The van der Waals surface area contributed by atoms with Crippen LogP contribution in [0.1, 0.15) is 82.8 Å². The van der Waals surface area contributed by atoms with Gasteiger partial charge in [-0.25, -0.2) is 0 Å². The normalized spacial score (nSPS) is 12.1. The van der Waals surface area contributed by atoms with E-state index in [-0.39, 0.29) is 23.6 Å². The third-order valence-electron chi connectivity index (χ3n) is 5.18. The molecule has 2 aromatic carbocycles. The fourth-order valence-corrected chi connectivity index (χ4v) is 2.90. The van der Waals surface area contributed by atoms with Crippen molar-refractivity contribution in [3.05, 3.63) is 59.2 Å². The van der Waals surface area contributed by atoms with Crippen molar-refractivity contribution >= 4 is 23.8 Å². The van der Waals surface area contributed by atoms with Crippen molar-refractivity contribution in [3.8, 4) is 17.2 Å². The Labute approximate surface area is 208 Å². The first-order valence-electron chi connectivity index (χ1n) is 11.6. The first kappa shape index (κ1) is 27.8. The highest BCUT2D eigenvalue weighted by atomic mass is 16.5. The van der Waals surface area contributed by atoms with E-state index in [4.69, 9.17) is 14.2 Å². The molecular weight excluding hydrogens is 444 g/mol. The average molecular weight is 481 g/mol. The molecule has 0 aliphatic rings. The van der Waals surface area contributed by atoms with Crippen LogP contribution in [0.3, 0.4) is 0 Å². The second kappa shape index (κ2) is 10.9. The van der Waals surface area contributed by atoms with Crippen molar-refractivity contribution in [1.29, 1.82) is 0 Å². The number of benzene rings is 2. The number of hydrogen-bond acceptors (Lipinski definition) is 6. The average Bonchev–Trinajstić information content (AvgIpc) is 2.76. The molecule has 0 radical (unpaired) electrons. The van der Waals surface area contributed by atoms with Crippen molar-refractivity contribution in [2.75, 3.05) is 7.11 Å². The summed E-state index contributed by atoms with van der Waals surface area (Å²) in [5.41, 5.74) is 0.714. The SMILES string of the molecule is COc1cc(OC(=O)C(C)(C)C)c(C(C)C)cc1/C=C/C(=O)c1ccc(OC(=O)C(C)(C)C)cc1. The smallest absolute Gasteiger partial charge is 0.316 e. The lowest BCUT2D eigenvalue weighted by molar-refractivity contribution is -0.143. The largest absolute Gasteiger partial charge is 0.496 e. The molecule has 188 valence electrons. The fraction of sp³-hybridized carbons (Fsp3) is 0.414. The predicted octanol–water partition coefficient (Wildman–Crippen LogP) is 6.62. The van der Waals surface area contributed by atoms with E-state index in [1.54, 1.807) is 78.0 Å². The Morgan fingerprint density at radius 3 is 1.83 bits per heavy atom. The van der Waals surface area contributed by atoms with Gasteiger partial charge in [0.2, 0.25) is 0 Å². The number of esters is 2. The van der Waals surface area contributed by atoms with E-state index in [9.17, 15) is 14.4 Å². The Kier molecular flexibility index (Phi) is 8.66. The van der Waals surface area contributed by atoms with E-state index in [1.807, 2.05) is 19.9 Å². The van der Waals surface area contributed by atoms with Crippen LogP contribution in [0.2, 0.25) is 0 Å². The van der Waals surface area contributed by atoms with Gasteiger partial charge in [-0.05, 0) is 95.5 Å². The number of ketones is 1. The summed E-state index contributed by atoms with van der Waals surface area (Å²) in [6, 6.07) is 9.98. The van der Waals surface area contributed by atoms with E-state index in [0.29, 0.717) is 28.4 Å². The summed E-state index contributed by atoms with van der Waals surface area (Å²) in [7, 11) is 1.52. The molecule has 0 aromatic heterocycles. The zero-order valence-corrected chi connectivity index (χ0v) is 22.1. The molecule has 2 aromatic rings. The van der Waals surface area contributed by atoms with Gasteiger partial charge in [0.15, 0.2) is 5.78 Å². The molecular formula is C29H36O6. The summed E-state index contributed by atoms with van der Waals surface area (Å²) in [6.07, 6.45) is 3.13. The first-order chi connectivity index (χ1) is 16.1. The number of rotatable bonds is 7. The highest BCUT2D eigenvalue weighted by Crippen LogP contribution is 2.35. The van der Waals surface area contributed by atoms with Crippen molar-refractivity contribution < 1.29 is 28.6 Å². The Morgan fingerprint density at radius 2 is 1.34 bits per heavy atom. The van der Waals surface area contributed by atoms with Crippen LogP contribution in [0.4, 0.5) is 0 Å². The topological polar surface area (TPSA) is 78.9 Å². The lowest BCUT2D eigenvalue weighted by Crippen LogP contribution is -2.26. The van der Waals surface area contributed by atoms with Gasteiger partial charge in [0.25, 0.3) is 0 Å². The van der Waals surface area contributed by atoms with Gasteiger partial charge in [0.1, 0.15) is 17.2 Å². The van der Waals surface area contributed by atoms with Crippen LogP contribution in [0.25, 0.3) is 6.08 Å². The third-order valence-corrected chi connectivity index (χ3v) is 5.18. The molecule has 0 unspecified atom stereocenters. The molecule has 35 heavy (non-hydrogen) atoms. The lowest BCUT2D eigenvalue weighted by atomic mass is 9.96. The standard InChI is InChI=1S/C29H36O6/c1-18(2)22-16-20(24(33-9)17-25(22)35-27(32)29(6,7)8)12-15-23(30)19-10-13-21(14-11-19)34-26(31)28(3,4)5/h10-18H,1-9H3/b15-12+. The maximum Gasteiger partial charge on any atom is 0.316 e. The predicted molar refractivity (Wildman–Crippen MR) is 137 cm³/mol. The zero-order chi connectivity index (χ0) is 26.6. The summed E-state index contributed by atoms with van der Waals surface area (Å²) < 4.78 is 16.5. The molecule has 0 heterocycles. The fourth-order valence-electron chi connectivity index (χ4n) is 2.90. The number of carbonyl (C=O) groups is 3. The van der Waals surface area contributed by atoms with E-state index < -0.39 is 10.8 Å². The van der Waals surface area contributed by atoms with Gasteiger partial charge in [-0.2, -0.15) is 0 Å². The Morgan fingerprint density at radius 1 is 0.800 bits per heavy atom. The van der Waals surface area contributed by atoms with Crippen LogP contribution >= 0.6 is 0 Å². The summed E-state index contributed by atoms with van der Waals surface area (Å²) in [6.45, 7) is 14.7. The summed E-state index contributed by atoms with van der Waals surface area (Å²) in [5, 5.41) is 0. The number of allylic oxidation sites excluding steroid dienone is 1. The van der Waals surface area contributed by atoms with Crippen LogP contribution in [0, 0.1) is 10.8 Å². The Hall–Kier alpha value is -3.41. The number of methoxy groups -OCH3 is 1. The Balaban J connectivity index is 2.28. The number of ether oxygens (including phenoxy) is 3. The molecule has 0 bridgehead atoms. The zero-order valence-electron chi connectivity index (χ0n) is 22.1. The summed E-state index contributed by atoms with van der Waals surface area (Å²) >= 11 is 0. The second-order valence-electron chi connectivity index (χ2n) is 10.8. The third kappa shape index (κ3) is 7.54. The van der Waals surface area contributed by atoms with Gasteiger partial charge in [0.05, 0.1) is 17.9 Å². The van der Waals surface area contributed by atoms with E-state index in [2.05, 4.69) is 0 Å². The molecule has 0 saturated carbocycles. The minimum Gasteiger partial charge on any atom is -0.496 e. The van der Waals surface area contributed by atoms with Gasteiger partial charge >= 0.3 is 11.9 Å². The monoisotopic (exact) mass is 480 g/mol. The van der Waals surface area contributed by atoms with Crippen molar-refractivity contribution in [2.24, 2.45) is 10.8 Å². The quantitative estimate of drug-likeness (QED) is 0.192. The van der Waals surface area contributed by atoms with E-state index in [1.165, 1.54) is 13.2 Å². The van der Waals surface area contributed by atoms with Gasteiger partial charge in [-0.15, -0.1) is 0 Å². The molecule has 0 aliphatic carbocycles. The number of carbonyl (C=O) groups excluding carboxylic acids is 3. The molecule has 0 amide bonds. The molecule has 0 aliphatic heterocycles. The highest BCUT2D eigenvalue weighted by molar-refractivity contribution is 6.07. The van der Waals surface area contributed by atoms with Gasteiger partial charge < -0.3 is 14.2 Å². The second-order valence-corrected chi connectivity index (χ2v) is 10.8. The molecule has 0 atom stereocenters. The molecule has 0 saturated heterocycles. The van der Waals surface area contributed by atoms with Crippen molar-refractivity contribution in [1.82, 2.24) is 0 Å². The van der Waals surface area contributed by atoms with Crippen LogP contribution in [-0.2, 0) is 9.59 Å². The van der Waals surface area contributed by atoms with E-state index in [0.717, 1.165) is 5.56 Å². The van der Waals surface area contributed by atoms with Gasteiger partial charge in [-0.3, -0.25) is 14.4 Å². The van der Waals surface area contributed by atoms with Crippen LogP contribution < -0.4 is 14.2 Å². The minimum absolute atomic E-state index is 0.0786. The van der Waals surface area contributed by atoms with Crippen molar-refractivity contribution in [2.45, 2.75) is 61.3 Å². The molecule has 0 fully saturated rings. The molecule has 6 heteroatoms. The van der Waals surface area contributed by atoms with Crippen LogP contribution in [-0.4, -0.2) is 24.8 Å². The summed E-state index contributed by atoms with van der Waals surface area (Å²) in [5.74, 6) is 0.497. The minimum atomic E-state index is -0.646. The summed E-state index contributed by atoms with van der Waals surface area (Å²) in [4.78, 5) is 37.2. The molecule has 2 rings (SSSR count). The number of hydrogen-bond donors (Lipinski definition) is 0. The Bertz CT molecular complexity index is 1110. The maximum atomic E-state index is 12.7. The first-order valence-corrected chi connectivity index (χ1v) is 11.6. The van der Waals surface area contributed by atoms with Crippen molar-refractivity contribution in [3.63, 3.8) is 0 Å². The molecule has 0 spiro atoms. The van der Waals surface area contributed by atoms with Crippen LogP contribution in [0.15, 0.2) is 42.5 Å². The highest BCUT2D eigenvalue weighted by Gasteiger charge is 2.26. The van der Waals surface area contributed by atoms with Gasteiger partial charge in [0, 0.05) is 17.2 Å². The maximum absolute atomic E-state index is 12.7. The van der Waals surface area contributed by atoms with Crippen LogP contribution in [0.5, 0.6) is 17.2 Å². The molecule has 0 N–H and O–H groups in total. The van der Waals surface area contributed by atoms with Gasteiger partial charge in [-0.1, -0.05) is 13.8 Å². The lowest BCUT2D eigenvalue weighted by Gasteiger charge is -2.20. The van der Waals surface area contributed by atoms with E-state index >= 15 is 0 Å².